The third kappa shape index (κ3) is 5.15. The van der Waals surface area contributed by atoms with Crippen molar-refractivity contribution >= 4 is 28.5 Å². The summed E-state index contributed by atoms with van der Waals surface area (Å²) in [6, 6.07) is 17.8. The molecule has 0 saturated heterocycles. The molecule has 0 bridgehead atoms. The number of halogens is 2. The highest BCUT2D eigenvalue weighted by molar-refractivity contribution is 6.05. The predicted molar refractivity (Wildman–Crippen MR) is 116 cm³/mol. The molecule has 0 spiro atoms. The summed E-state index contributed by atoms with van der Waals surface area (Å²) in [4.78, 5) is 29.6. The molecule has 2 heterocycles. The Balaban J connectivity index is 1.52. The van der Waals surface area contributed by atoms with Crippen LogP contribution in [0.3, 0.4) is 0 Å². The lowest BCUT2D eigenvalue weighted by Crippen LogP contribution is -2.21. The van der Waals surface area contributed by atoms with Crippen molar-refractivity contribution in [2.75, 3.05) is 11.9 Å². The molecule has 168 valence electrons. The van der Waals surface area contributed by atoms with Gasteiger partial charge in [0.05, 0.1) is 16.8 Å². The fraction of sp³-hybridized carbons (Fsp3) is 0.125. The van der Waals surface area contributed by atoms with Gasteiger partial charge in [-0.1, -0.05) is 30.3 Å². The Morgan fingerprint density at radius 3 is 2.58 bits per heavy atom. The first-order valence-electron chi connectivity index (χ1n) is 9.88. The van der Waals surface area contributed by atoms with E-state index in [4.69, 9.17) is 9.15 Å². The number of amides is 1. The Bertz CT molecular complexity index is 1320. The first-order valence-corrected chi connectivity index (χ1v) is 9.88. The summed E-state index contributed by atoms with van der Waals surface area (Å²) in [7, 11) is 0. The number of aryl methyl sites for hydroxylation is 1. The zero-order chi connectivity index (χ0) is 23.4. The fourth-order valence-corrected chi connectivity index (χ4v) is 3.21. The molecule has 4 rings (SSSR count). The van der Waals surface area contributed by atoms with E-state index < -0.39 is 25.1 Å². The quantitative estimate of drug-likeness (QED) is 0.388. The van der Waals surface area contributed by atoms with E-state index >= 15 is 0 Å². The van der Waals surface area contributed by atoms with Crippen LogP contribution in [0.4, 0.5) is 14.5 Å². The molecule has 1 amide bonds. The number of ether oxygens (including phenoxy) is 2. The van der Waals surface area contributed by atoms with Gasteiger partial charge in [-0.25, -0.2) is 9.78 Å². The molecule has 0 aliphatic rings. The minimum atomic E-state index is -3.05. The van der Waals surface area contributed by atoms with Gasteiger partial charge >= 0.3 is 12.6 Å². The topological polar surface area (TPSA) is 90.7 Å². The van der Waals surface area contributed by atoms with Crippen LogP contribution in [0, 0.1) is 6.92 Å². The maximum Gasteiger partial charge on any atom is 0.387 e. The number of anilines is 1. The predicted octanol–water partition coefficient (Wildman–Crippen LogP) is 5.20. The van der Waals surface area contributed by atoms with Gasteiger partial charge in [0.15, 0.2) is 12.4 Å². The molecule has 4 aromatic rings. The normalized spacial score (nSPS) is 10.9. The van der Waals surface area contributed by atoms with E-state index in [-0.39, 0.29) is 17.0 Å². The Labute approximate surface area is 186 Å². The van der Waals surface area contributed by atoms with Crippen molar-refractivity contribution < 1.29 is 32.3 Å². The minimum absolute atomic E-state index is 0.0312. The fourth-order valence-electron chi connectivity index (χ4n) is 3.21. The molecule has 0 aliphatic heterocycles. The maximum absolute atomic E-state index is 12.8. The summed E-state index contributed by atoms with van der Waals surface area (Å²) in [5, 5.41) is 2.94. The monoisotopic (exact) mass is 452 g/mol. The highest BCUT2D eigenvalue weighted by Crippen LogP contribution is 2.27. The lowest BCUT2D eigenvalue weighted by molar-refractivity contribution is -0.119. The zero-order valence-corrected chi connectivity index (χ0v) is 17.4. The van der Waals surface area contributed by atoms with Crippen LogP contribution in [0.15, 0.2) is 71.1 Å². The average molecular weight is 452 g/mol. The van der Waals surface area contributed by atoms with E-state index in [0.29, 0.717) is 28.1 Å². The van der Waals surface area contributed by atoms with E-state index in [9.17, 15) is 18.4 Å². The van der Waals surface area contributed by atoms with Gasteiger partial charge in [0.2, 0.25) is 0 Å². The minimum Gasteiger partial charge on any atom is -0.460 e. The van der Waals surface area contributed by atoms with E-state index in [1.807, 2.05) is 0 Å². The lowest BCUT2D eigenvalue weighted by atomic mass is 10.1. The Morgan fingerprint density at radius 2 is 1.82 bits per heavy atom. The Morgan fingerprint density at radius 1 is 1.06 bits per heavy atom. The van der Waals surface area contributed by atoms with Gasteiger partial charge in [-0.15, -0.1) is 0 Å². The van der Waals surface area contributed by atoms with Crippen molar-refractivity contribution in [1.29, 1.82) is 0 Å². The molecule has 2 aromatic carbocycles. The molecular formula is C24H18F2N2O5. The molecule has 9 heteroatoms. The number of nitrogens with one attached hydrogen (secondary N) is 1. The molecule has 2 aromatic heterocycles. The summed E-state index contributed by atoms with van der Waals surface area (Å²) < 4.78 is 40.3. The second-order valence-electron chi connectivity index (χ2n) is 6.98. The van der Waals surface area contributed by atoms with E-state index in [1.54, 1.807) is 49.4 Å². The van der Waals surface area contributed by atoms with E-state index in [1.165, 1.54) is 24.3 Å². The standard InChI is InChI=1S/C24H18F2N2O5/c1-14-10-11-21(32-14)19-12-16(15-6-2-3-7-17(15)27-19)23(30)31-13-22(29)28-18-8-4-5-9-20(18)33-24(25)26/h2-12,24H,13H2,1H3,(H,28,29). The van der Waals surface area contributed by atoms with Crippen LogP contribution in [0.2, 0.25) is 0 Å². The number of fused-ring (bicyclic) bond motifs is 1. The van der Waals surface area contributed by atoms with Crippen molar-refractivity contribution in [3.8, 4) is 17.2 Å². The third-order valence-corrected chi connectivity index (χ3v) is 4.64. The van der Waals surface area contributed by atoms with Gasteiger partial charge < -0.3 is 19.2 Å². The molecule has 1 N–H and O–H groups in total. The van der Waals surface area contributed by atoms with E-state index in [2.05, 4.69) is 15.0 Å². The number of benzene rings is 2. The van der Waals surface area contributed by atoms with Crippen molar-refractivity contribution in [2.24, 2.45) is 0 Å². The van der Waals surface area contributed by atoms with Gasteiger partial charge in [0.25, 0.3) is 5.91 Å². The molecule has 7 nitrogen and oxygen atoms in total. The molecule has 0 unspecified atom stereocenters. The molecular weight excluding hydrogens is 434 g/mol. The summed E-state index contributed by atoms with van der Waals surface area (Å²) in [6.07, 6.45) is 0. The number of pyridine rings is 1. The largest absolute Gasteiger partial charge is 0.460 e. The number of carbonyl (C=O) groups excluding carboxylic acids is 2. The van der Waals surface area contributed by atoms with Gasteiger partial charge in [0, 0.05) is 5.39 Å². The number of rotatable bonds is 7. The average Bonchev–Trinajstić information content (AvgIpc) is 3.24. The van der Waals surface area contributed by atoms with Crippen LogP contribution >= 0.6 is 0 Å². The number of hydrogen-bond acceptors (Lipinski definition) is 6. The summed E-state index contributed by atoms with van der Waals surface area (Å²) in [6.45, 7) is -1.88. The smallest absolute Gasteiger partial charge is 0.387 e. The molecule has 0 atom stereocenters. The summed E-state index contributed by atoms with van der Waals surface area (Å²) in [5.74, 6) is -0.484. The number of alkyl halides is 2. The van der Waals surface area contributed by atoms with Crippen LogP contribution in [0.5, 0.6) is 5.75 Å². The number of para-hydroxylation sites is 3. The third-order valence-electron chi connectivity index (χ3n) is 4.64. The van der Waals surface area contributed by atoms with E-state index in [0.717, 1.165) is 0 Å². The van der Waals surface area contributed by atoms with Crippen LogP contribution < -0.4 is 10.1 Å². The number of nitrogens with zero attached hydrogens (tertiary/aromatic N) is 1. The number of furan rings is 1. The second kappa shape index (κ2) is 9.47. The SMILES string of the molecule is Cc1ccc(-c2cc(C(=O)OCC(=O)Nc3ccccc3OC(F)F)c3ccccc3n2)o1. The second-order valence-corrected chi connectivity index (χ2v) is 6.98. The Hall–Kier alpha value is -4.27. The van der Waals surface area contributed by atoms with Gasteiger partial charge in [-0.2, -0.15) is 8.78 Å². The first kappa shape index (κ1) is 21.9. The van der Waals surface area contributed by atoms with Crippen LogP contribution in [0.1, 0.15) is 16.1 Å². The number of aromatic nitrogens is 1. The lowest BCUT2D eigenvalue weighted by Gasteiger charge is -2.12. The van der Waals surface area contributed by atoms with Gasteiger partial charge in [-0.05, 0) is 43.3 Å². The molecule has 33 heavy (non-hydrogen) atoms. The van der Waals surface area contributed by atoms with Crippen molar-refractivity contribution in [2.45, 2.75) is 13.5 Å². The van der Waals surface area contributed by atoms with Crippen molar-refractivity contribution in [3.63, 3.8) is 0 Å². The Kier molecular flexibility index (Phi) is 6.30. The van der Waals surface area contributed by atoms with Crippen LogP contribution in [-0.2, 0) is 9.53 Å². The van der Waals surface area contributed by atoms with Gasteiger partial charge in [-0.3, -0.25) is 4.79 Å². The number of hydrogen-bond donors (Lipinski definition) is 1. The molecule has 0 aliphatic carbocycles. The van der Waals surface area contributed by atoms with Crippen LogP contribution in [0.25, 0.3) is 22.4 Å². The molecule has 0 radical (unpaired) electrons. The van der Waals surface area contributed by atoms with Crippen molar-refractivity contribution in [3.05, 3.63) is 78.1 Å². The summed E-state index contributed by atoms with van der Waals surface area (Å²) >= 11 is 0. The van der Waals surface area contributed by atoms with Crippen molar-refractivity contribution in [1.82, 2.24) is 4.98 Å². The zero-order valence-electron chi connectivity index (χ0n) is 17.4. The highest BCUT2D eigenvalue weighted by Gasteiger charge is 2.18. The van der Waals surface area contributed by atoms with Crippen LogP contribution in [-0.4, -0.2) is 30.1 Å². The van der Waals surface area contributed by atoms with Gasteiger partial charge in [0.1, 0.15) is 17.2 Å². The maximum atomic E-state index is 12.8. The summed E-state index contributed by atoms with van der Waals surface area (Å²) in [5.41, 5.74) is 1.23. The first-order chi connectivity index (χ1) is 15.9. The molecule has 0 fully saturated rings. The highest BCUT2D eigenvalue weighted by atomic mass is 19.3. The number of esters is 1. The molecule has 0 saturated carbocycles. The number of carbonyl (C=O) groups is 2.